The standard InChI is InChI=1S/C19H23N3O4/c1-4-20-17(23)12-22(5-2)19(25)14-9-8-13(3)15(11-14)21-18(24)16-7-6-10-26-16/h6-11H,4-5,12H2,1-3H3,(H,20,23)(H,21,24). The molecule has 7 heteroatoms. The quantitative estimate of drug-likeness (QED) is 0.796. The first kappa shape index (κ1) is 19.2. The zero-order valence-electron chi connectivity index (χ0n) is 15.2. The van der Waals surface area contributed by atoms with Gasteiger partial charge >= 0.3 is 0 Å². The van der Waals surface area contributed by atoms with Crippen LogP contribution in [0.2, 0.25) is 0 Å². The molecule has 0 saturated carbocycles. The highest BCUT2D eigenvalue weighted by Crippen LogP contribution is 2.19. The fourth-order valence-corrected chi connectivity index (χ4v) is 2.42. The van der Waals surface area contributed by atoms with Crippen molar-refractivity contribution in [2.24, 2.45) is 0 Å². The van der Waals surface area contributed by atoms with Gasteiger partial charge in [-0.15, -0.1) is 0 Å². The molecule has 2 N–H and O–H groups in total. The van der Waals surface area contributed by atoms with E-state index in [2.05, 4.69) is 10.6 Å². The third-order valence-electron chi connectivity index (χ3n) is 3.86. The lowest BCUT2D eigenvalue weighted by Crippen LogP contribution is -2.40. The molecule has 0 fully saturated rings. The molecule has 1 aromatic carbocycles. The number of aryl methyl sites for hydroxylation is 1. The lowest BCUT2D eigenvalue weighted by atomic mass is 10.1. The lowest BCUT2D eigenvalue weighted by molar-refractivity contribution is -0.121. The number of hydrogen-bond acceptors (Lipinski definition) is 4. The lowest BCUT2D eigenvalue weighted by Gasteiger charge is -2.21. The maximum absolute atomic E-state index is 12.7. The van der Waals surface area contributed by atoms with Crippen LogP contribution in [0.15, 0.2) is 41.0 Å². The van der Waals surface area contributed by atoms with Crippen molar-refractivity contribution in [3.8, 4) is 0 Å². The first-order valence-electron chi connectivity index (χ1n) is 8.47. The second-order valence-corrected chi connectivity index (χ2v) is 5.73. The fourth-order valence-electron chi connectivity index (χ4n) is 2.42. The van der Waals surface area contributed by atoms with Gasteiger partial charge in [0, 0.05) is 24.3 Å². The molecule has 0 aliphatic rings. The van der Waals surface area contributed by atoms with Crippen LogP contribution in [0.25, 0.3) is 0 Å². The smallest absolute Gasteiger partial charge is 0.291 e. The summed E-state index contributed by atoms with van der Waals surface area (Å²) < 4.78 is 5.08. The van der Waals surface area contributed by atoms with Gasteiger partial charge in [-0.2, -0.15) is 0 Å². The van der Waals surface area contributed by atoms with Gasteiger partial charge in [-0.3, -0.25) is 14.4 Å². The Bertz CT molecular complexity index is 784. The molecule has 7 nitrogen and oxygen atoms in total. The van der Waals surface area contributed by atoms with Crippen LogP contribution in [0.4, 0.5) is 5.69 Å². The van der Waals surface area contributed by atoms with E-state index in [0.717, 1.165) is 5.56 Å². The normalized spacial score (nSPS) is 10.3. The van der Waals surface area contributed by atoms with Crippen LogP contribution in [-0.4, -0.2) is 42.3 Å². The van der Waals surface area contributed by atoms with Gasteiger partial charge in [0.1, 0.15) is 0 Å². The summed E-state index contributed by atoms with van der Waals surface area (Å²) in [4.78, 5) is 38.1. The van der Waals surface area contributed by atoms with Crippen LogP contribution in [0.1, 0.15) is 40.3 Å². The van der Waals surface area contributed by atoms with Gasteiger partial charge in [0.05, 0.1) is 12.8 Å². The van der Waals surface area contributed by atoms with Gasteiger partial charge in [0.15, 0.2) is 5.76 Å². The number of rotatable bonds is 7. The Morgan fingerprint density at radius 2 is 1.92 bits per heavy atom. The van der Waals surface area contributed by atoms with E-state index in [0.29, 0.717) is 24.3 Å². The first-order chi connectivity index (χ1) is 12.5. The number of furan rings is 1. The summed E-state index contributed by atoms with van der Waals surface area (Å²) >= 11 is 0. The van der Waals surface area contributed by atoms with E-state index in [9.17, 15) is 14.4 Å². The third kappa shape index (κ3) is 4.72. The maximum atomic E-state index is 12.7. The number of hydrogen-bond donors (Lipinski definition) is 2. The number of carbonyl (C=O) groups is 3. The number of amides is 3. The number of nitrogens with one attached hydrogen (secondary N) is 2. The molecule has 0 aliphatic carbocycles. The van der Waals surface area contributed by atoms with E-state index in [-0.39, 0.29) is 24.1 Å². The van der Waals surface area contributed by atoms with Crippen LogP contribution in [0.5, 0.6) is 0 Å². The van der Waals surface area contributed by atoms with Crippen LogP contribution < -0.4 is 10.6 Å². The number of anilines is 1. The summed E-state index contributed by atoms with van der Waals surface area (Å²) in [7, 11) is 0. The van der Waals surface area contributed by atoms with Crippen molar-refractivity contribution in [1.82, 2.24) is 10.2 Å². The number of likely N-dealkylation sites (N-methyl/N-ethyl adjacent to an activating group) is 2. The van der Waals surface area contributed by atoms with Crippen LogP contribution in [0.3, 0.4) is 0 Å². The molecule has 0 bridgehead atoms. The van der Waals surface area contributed by atoms with Crippen molar-refractivity contribution in [3.05, 3.63) is 53.5 Å². The predicted octanol–water partition coefficient (Wildman–Crippen LogP) is 2.44. The first-order valence-corrected chi connectivity index (χ1v) is 8.47. The summed E-state index contributed by atoms with van der Waals surface area (Å²) in [6.45, 7) is 6.37. The van der Waals surface area contributed by atoms with Gasteiger partial charge < -0.3 is 20.0 Å². The van der Waals surface area contributed by atoms with Gasteiger partial charge in [-0.1, -0.05) is 6.07 Å². The van der Waals surface area contributed by atoms with Gasteiger partial charge in [0.2, 0.25) is 5.91 Å². The van der Waals surface area contributed by atoms with Crippen molar-refractivity contribution < 1.29 is 18.8 Å². The van der Waals surface area contributed by atoms with E-state index < -0.39 is 5.91 Å². The SMILES string of the molecule is CCNC(=O)CN(CC)C(=O)c1ccc(C)c(NC(=O)c2ccco2)c1. The van der Waals surface area contributed by atoms with Crippen LogP contribution in [-0.2, 0) is 4.79 Å². The van der Waals surface area contributed by atoms with Gasteiger partial charge in [-0.05, 0) is 50.6 Å². The Morgan fingerprint density at radius 1 is 1.15 bits per heavy atom. The van der Waals surface area contributed by atoms with E-state index in [1.165, 1.54) is 11.2 Å². The Morgan fingerprint density at radius 3 is 2.54 bits per heavy atom. The van der Waals surface area contributed by atoms with E-state index in [1.807, 2.05) is 20.8 Å². The third-order valence-corrected chi connectivity index (χ3v) is 3.86. The molecule has 1 aromatic heterocycles. The van der Waals surface area contributed by atoms with Crippen molar-refractivity contribution in [1.29, 1.82) is 0 Å². The Balaban J connectivity index is 2.17. The maximum Gasteiger partial charge on any atom is 0.291 e. The number of carbonyl (C=O) groups excluding carboxylic acids is 3. The summed E-state index contributed by atoms with van der Waals surface area (Å²) in [5.41, 5.74) is 1.73. The Kier molecular flexibility index (Phi) is 6.54. The van der Waals surface area contributed by atoms with Gasteiger partial charge in [-0.25, -0.2) is 0 Å². The molecular weight excluding hydrogens is 334 g/mol. The van der Waals surface area contributed by atoms with Crippen molar-refractivity contribution in [2.75, 3.05) is 25.0 Å². The molecule has 0 unspecified atom stereocenters. The molecule has 0 aliphatic heterocycles. The van der Waals surface area contributed by atoms with Crippen molar-refractivity contribution in [3.63, 3.8) is 0 Å². The van der Waals surface area contributed by atoms with E-state index >= 15 is 0 Å². The van der Waals surface area contributed by atoms with Gasteiger partial charge in [0.25, 0.3) is 11.8 Å². The fraction of sp³-hybridized carbons (Fsp3) is 0.316. The Hall–Kier alpha value is -3.09. The molecule has 3 amide bonds. The monoisotopic (exact) mass is 357 g/mol. The van der Waals surface area contributed by atoms with Crippen molar-refractivity contribution >= 4 is 23.4 Å². The predicted molar refractivity (Wildman–Crippen MR) is 98.1 cm³/mol. The van der Waals surface area contributed by atoms with E-state index in [4.69, 9.17) is 4.42 Å². The summed E-state index contributed by atoms with van der Waals surface area (Å²) in [5.74, 6) is -0.682. The van der Waals surface area contributed by atoms with Crippen molar-refractivity contribution in [2.45, 2.75) is 20.8 Å². The number of nitrogens with zero attached hydrogens (tertiary/aromatic N) is 1. The average Bonchev–Trinajstić information content (AvgIpc) is 3.16. The van der Waals surface area contributed by atoms with E-state index in [1.54, 1.807) is 30.3 Å². The molecule has 0 spiro atoms. The summed E-state index contributed by atoms with van der Waals surface area (Å²) in [6.07, 6.45) is 1.42. The Labute approximate surface area is 152 Å². The molecule has 26 heavy (non-hydrogen) atoms. The second kappa shape index (κ2) is 8.84. The number of benzene rings is 1. The molecule has 0 atom stereocenters. The minimum Gasteiger partial charge on any atom is -0.459 e. The molecule has 0 saturated heterocycles. The molecule has 2 rings (SSSR count). The zero-order chi connectivity index (χ0) is 19.1. The summed E-state index contributed by atoms with van der Waals surface area (Å²) in [6, 6.07) is 8.23. The van der Waals surface area contributed by atoms with Crippen LogP contribution >= 0.6 is 0 Å². The molecule has 138 valence electrons. The zero-order valence-corrected chi connectivity index (χ0v) is 15.2. The summed E-state index contributed by atoms with van der Waals surface area (Å²) in [5, 5.41) is 5.42. The minimum absolute atomic E-state index is 0.00879. The molecular formula is C19H23N3O4. The topological polar surface area (TPSA) is 91.7 Å². The second-order valence-electron chi connectivity index (χ2n) is 5.73. The highest BCUT2D eigenvalue weighted by Gasteiger charge is 2.19. The van der Waals surface area contributed by atoms with Crippen LogP contribution in [0, 0.1) is 6.92 Å². The minimum atomic E-state index is -0.391. The molecule has 2 aromatic rings. The highest BCUT2D eigenvalue weighted by molar-refractivity contribution is 6.04. The molecule has 1 heterocycles. The largest absolute Gasteiger partial charge is 0.459 e. The highest BCUT2D eigenvalue weighted by atomic mass is 16.3. The molecule has 0 radical (unpaired) electrons. The average molecular weight is 357 g/mol.